The third kappa shape index (κ3) is 3.30. The van der Waals surface area contributed by atoms with Crippen LogP contribution in [0.2, 0.25) is 0 Å². The molecule has 1 heterocycles. The summed E-state index contributed by atoms with van der Waals surface area (Å²) in [6, 6.07) is 13.2. The molecule has 0 saturated carbocycles. The molecule has 2 aromatic rings. The number of para-hydroxylation sites is 1. The number of hydrogen-bond acceptors (Lipinski definition) is 2. The standard InChI is InChI=1S/C21H28N3/c1-16-12-17(2)21(18(3)13-16)24-11-10-23(15-24)14-19-8-6-7-9-20(19)22(4)5/h6-9,12-13,15H,10-11,14H2,1-5H3/q+1. The number of rotatable bonds is 4. The Kier molecular flexibility index (Phi) is 4.61. The van der Waals surface area contributed by atoms with Gasteiger partial charge in [-0.2, -0.15) is 0 Å². The van der Waals surface area contributed by atoms with Crippen LogP contribution in [0.3, 0.4) is 0 Å². The molecule has 3 rings (SSSR count). The Balaban J connectivity index is 1.85. The van der Waals surface area contributed by atoms with Crippen molar-refractivity contribution in [1.29, 1.82) is 0 Å². The Morgan fingerprint density at radius 3 is 2.38 bits per heavy atom. The highest BCUT2D eigenvalue weighted by Gasteiger charge is 2.25. The van der Waals surface area contributed by atoms with E-state index in [0.29, 0.717) is 0 Å². The Bertz CT molecular complexity index is 751. The normalized spacial score (nSPS) is 14.0. The highest BCUT2D eigenvalue weighted by Crippen LogP contribution is 2.27. The molecule has 0 spiro atoms. The molecule has 1 aliphatic heterocycles. The third-order valence-corrected chi connectivity index (χ3v) is 4.70. The lowest BCUT2D eigenvalue weighted by Gasteiger charge is -2.16. The molecule has 2 aromatic carbocycles. The number of aryl methyl sites for hydroxylation is 3. The van der Waals surface area contributed by atoms with Crippen LogP contribution in [0.15, 0.2) is 36.4 Å². The van der Waals surface area contributed by atoms with Crippen LogP contribution in [-0.2, 0) is 6.54 Å². The molecule has 0 bridgehead atoms. The van der Waals surface area contributed by atoms with Gasteiger partial charge in [-0.1, -0.05) is 35.9 Å². The fourth-order valence-electron chi connectivity index (χ4n) is 3.76. The van der Waals surface area contributed by atoms with Gasteiger partial charge < -0.3 is 4.90 Å². The Labute approximate surface area is 145 Å². The van der Waals surface area contributed by atoms with E-state index in [0.717, 1.165) is 19.6 Å². The van der Waals surface area contributed by atoms with Crippen molar-refractivity contribution in [2.24, 2.45) is 0 Å². The lowest BCUT2D eigenvalue weighted by molar-refractivity contribution is -0.529. The minimum absolute atomic E-state index is 0.953. The van der Waals surface area contributed by atoms with Gasteiger partial charge in [0.1, 0.15) is 25.3 Å². The summed E-state index contributed by atoms with van der Waals surface area (Å²) in [7, 11) is 4.22. The van der Waals surface area contributed by atoms with E-state index in [1.165, 1.54) is 33.6 Å². The molecule has 126 valence electrons. The van der Waals surface area contributed by atoms with E-state index >= 15 is 0 Å². The summed E-state index contributed by atoms with van der Waals surface area (Å²) in [4.78, 5) is 4.60. The molecule has 0 fully saturated rings. The quantitative estimate of drug-likeness (QED) is 0.793. The van der Waals surface area contributed by atoms with Gasteiger partial charge in [-0.25, -0.2) is 4.90 Å². The molecular formula is C21H28N3+. The third-order valence-electron chi connectivity index (χ3n) is 4.70. The Hall–Kier alpha value is -2.29. The van der Waals surface area contributed by atoms with Crippen molar-refractivity contribution in [2.75, 3.05) is 37.0 Å². The van der Waals surface area contributed by atoms with Gasteiger partial charge in [0.15, 0.2) is 0 Å². The number of benzene rings is 2. The second kappa shape index (κ2) is 6.68. The molecular weight excluding hydrogens is 294 g/mol. The summed E-state index contributed by atoms with van der Waals surface area (Å²) in [5.41, 5.74) is 8.09. The minimum atomic E-state index is 0.953. The van der Waals surface area contributed by atoms with Gasteiger partial charge in [-0.3, -0.25) is 4.58 Å². The number of nitrogens with zero attached hydrogens (tertiary/aromatic N) is 3. The van der Waals surface area contributed by atoms with E-state index in [4.69, 9.17) is 0 Å². The Morgan fingerprint density at radius 2 is 1.71 bits per heavy atom. The zero-order valence-electron chi connectivity index (χ0n) is 15.5. The average molecular weight is 322 g/mol. The van der Waals surface area contributed by atoms with Crippen molar-refractivity contribution in [3.63, 3.8) is 0 Å². The van der Waals surface area contributed by atoms with E-state index in [2.05, 4.69) is 92.0 Å². The van der Waals surface area contributed by atoms with Gasteiger partial charge in [0.25, 0.3) is 0 Å². The molecule has 0 unspecified atom stereocenters. The van der Waals surface area contributed by atoms with Crippen molar-refractivity contribution < 1.29 is 4.58 Å². The predicted octanol–water partition coefficient (Wildman–Crippen LogP) is 3.74. The van der Waals surface area contributed by atoms with Gasteiger partial charge in [-0.05, 0) is 38.0 Å². The maximum atomic E-state index is 2.42. The van der Waals surface area contributed by atoms with E-state index in [1.807, 2.05) is 0 Å². The van der Waals surface area contributed by atoms with Crippen LogP contribution >= 0.6 is 0 Å². The number of hydrogen-bond donors (Lipinski definition) is 0. The smallest absolute Gasteiger partial charge is 0.239 e. The monoisotopic (exact) mass is 322 g/mol. The first kappa shape index (κ1) is 16.6. The SMILES string of the molecule is Cc1cc(C)c(N2C=[N+](Cc3ccccc3N(C)C)CC2)c(C)c1. The van der Waals surface area contributed by atoms with Crippen molar-refractivity contribution in [1.82, 2.24) is 0 Å². The zero-order valence-corrected chi connectivity index (χ0v) is 15.5. The highest BCUT2D eigenvalue weighted by atomic mass is 15.3. The van der Waals surface area contributed by atoms with Gasteiger partial charge in [0, 0.05) is 25.3 Å². The average Bonchev–Trinajstić information content (AvgIpc) is 2.94. The summed E-state index contributed by atoms with van der Waals surface area (Å²) in [6.45, 7) is 9.67. The number of anilines is 2. The maximum Gasteiger partial charge on any atom is 0.239 e. The van der Waals surface area contributed by atoms with Crippen LogP contribution < -0.4 is 9.80 Å². The van der Waals surface area contributed by atoms with Gasteiger partial charge in [-0.15, -0.1) is 0 Å². The second-order valence-corrected chi connectivity index (χ2v) is 7.05. The summed E-state index contributed by atoms with van der Waals surface area (Å²) < 4.78 is 2.42. The van der Waals surface area contributed by atoms with Crippen molar-refractivity contribution in [3.05, 3.63) is 58.7 Å². The fourth-order valence-corrected chi connectivity index (χ4v) is 3.76. The molecule has 0 N–H and O–H groups in total. The first-order chi connectivity index (χ1) is 11.5. The molecule has 0 saturated heterocycles. The highest BCUT2D eigenvalue weighted by molar-refractivity contribution is 5.81. The molecule has 0 aliphatic carbocycles. The van der Waals surface area contributed by atoms with Crippen molar-refractivity contribution in [3.8, 4) is 0 Å². The molecule has 3 nitrogen and oxygen atoms in total. The van der Waals surface area contributed by atoms with Gasteiger partial charge >= 0.3 is 0 Å². The zero-order chi connectivity index (χ0) is 17.3. The molecule has 0 aromatic heterocycles. The van der Waals surface area contributed by atoms with Gasteiger partial charge in [0.2, 0.25) is 6.34 Å². The molecule has 24 heavy (non-hydrogen) atoms. The van der Waals surface area contributed by atoms with Crippen LogP contribution in [0.5, 0.6) is 0 Å². The van der Waals surface area contributed by atoms with Crippen LogP contribution in [0.1, 0.15) is 22.3 Å². The fraction of sp³-hybridized carbons (Fsp3) is 0.381. The topological polar surface area (TPSA) is 9.49 Å². The minimum Gasteiger partial charge on any atom is -0.377 e. The molecule has 0 radical (unpaired) electrons. The predicted molar refractivity (Wildman–Crippen MR) is 104 cm³/mol. The molecule has 3 heteroatoms. The molecule has 0 amide bonds. The van der Waals surface area contributed by atoms with Crippen molar-refractivity contribution in [2.45, 2.75) is 27.3 Å². The van der Waals surface area contributed by atoms with Gasteiger partial charge in [0.05, 0.1) is 0 Å². The summed E-state index contributed by atoms with van der Waals surface area (Å²) in [5, 5.41) is 0. The first-order valence-corrected chi connectivity index (χ1v) is 8.64. The Morgan fingerprint density at radius 1 is 1.04 bits per heavy atom. The van der Waals surface area contributed by atoms with Crippen molar-refractivity contribution >= 4 is 17.7 Å². The van der Waals surface area contributed by atoms with E-state index in [-0.39, 0.29) is 0 Å². The second-order valence-electron chi connectivity index (χ2n) is 7.05. The molecule has 0 atom stereocenters. The first-order valence-electron chi connectivity index (χ1n) is 8.64. The van der Waals surface area contributed by atoms with Crippen LogP contribution in [0.25, 0.3) is 0 Å². The maximum absolute atomic E-state index is 2.42. The lowest BCUT2D eigenvalue weighted by Crippen LogP contribution is -2.20. The van der Waals surface area contributed by atoms with E-state index < -0.39 is 0 Å². The van der Waals surface area contributed by atoms with Crippen LogP contribution in [-0.4, -0.2) is 38.1 Å². The summed E-state index contributed by atoms with van der Waals surface area (Å²) in [6.07, 6.45) is 2.29. The van der Waals surface area contributed by atoms with Crippen LogP contribution in [0.4, 0.5) is 11.4 Å². The summed E-state index contributed by atoms with van der Waals surface area (Å²) in [5.74, 6) is 0. The van der Waals surface area contributed by atoms with E-state index in [9.17, 15) is 0 Å². The molecule has 1 aliphatic rings. The van der Waals surface area contributed by atoms with E-state index in [1.54, 1.807) is 0 Å². The van der Waals surface area contributed by atoms with Crippen LogP contribution in [0, 0.1) is 20.8 Å². The largest absolute Gasteiger partial charge is 0.377 e. The lowest BCUT2D eigenvalue weighted by atomic mass is 10.0. The summed E-state index contributed by atoms with van der Waals surface area (Å²) >= 11 is 0.